The molecule has 0 radical (unpaired) electrons. The second-order valence-corrected chi connectivity index (χ2v) is 5.73. The average molecular weight is 291 g/mol. The van der Waals surface area contributed by atoms with Gasteiger partial charge in [-0.1, -0.05) is 26.2 Å². The number of hydrogen-bond donors (Lipinski definition) is 2. The molecule has 1 amide bonds. The van der Waals surface area contributed by atoms with Gasteiger partial charge in [0.2, 0.25) is 0 Å². The Bertz CT molecular complexity index is 545. The fraction of sp³-hybridized carbons (Fsp3) is 0.533. The van der Waals surface area contributed by atoms with E-state index in [1.807, 2.05) is 0 Å². The van der Waals surface area contributed by atoms with Gasteiger partial charge in [-0.3, -0.25) is 14.9 Å². The highest BCUT2D eigenvalue weighted by Gasteiger charge is 2.23. The van der Waals surface area contributed by atoms with Crippen LogP contribution in [0, 0.1) is 16.0 Å². The third-order valence-corrected chi connectivity index (χ3v) is 4.16. The van der Waals surface area contributed by atoms with Gasteiger partial charge in [-0.25, -0.2) is 0 Å². The lowest BCUT2D eigenvalue weighted by molar-refractivity contribution is -0.383. The van der Waals surface area contributed by atoms with Crippen LogP contribution in [0.1, 0.15) is 49.4 Å². The van der Waals surface area contributed by atoms with Crippen molar-refractivity contribution in [2.24, 2.45) is 5.92 Å². The second-order valence-electron chi connectivity index (χ2n) is 5.73. The van der Waals surface area contributed by atoms with Crippen molar-refractivity contribution in [1.82, 2.24) is 5.32 Å². The fourth-order valence-electron chi connectivity index (χ4n) is 2.82. The van der Waals surface area contributed by atoms with Crippen molar-refractivity contribution in [3.63, 3.8) is 0 Å². The Morgan fingerprint density at radius 2 is 2.05 bits per heavy atom. The van der Waals surface area contributed by atoms with Crippen molar-refractivity contribution in [3.8, 4) is 0 Å². The Balaban J connectivity index is 2.09. The minimum Gasteiger partial charge on any atom is -0.393 e. The first-order valence-electron chi connectivity index (χ1n) is 7.34. The number of anilines is 1. The molecule has 2 rings (SSSR count). The van der Waals surface area contributed by atoms with Gasteiger partial charge in [0.25, 0.3) is 11.6 Å². The molecule has 1 saturated carbocycles. The zero-order valence-corrected chi connectivity index (χ0v) is 12.2. The summed E-state index contributed by atoms with van der Waals surface area (Å²) in [6, 6.07) is 4.26. The number of nitro groups is 1. The summed E-state index contributed by atoms with van der Waals surface area (Å²) in [4.78, 5) is 22.4. The van der Waals surface area contributed by atoms with Crippen molar-refractivity contribution in [3.05, 3.63) is 33.9 Å². The van der Waals surface area contributed by atoms with E-state index in [2.05, 4.69) is 12.2 Å². The molecule has 0 bridgehead atoms. The maximum absolute atomic E-state index is 12.3. The normalized spacial score (nSPS) is 22.3. The average Bonchev–Trinajstić information content (AvgIpc) is 2.63. The number of nitrogen functional groups attached to an aromatic ring is 1. The second kappa shape index (κ2) is 6.56. The van der Waals surface area contributed by atoms with Gasteiger partial charge < -0.3 is 11.1 Å². The lowest BCUT2D eigenvalue weighted by atomic mass is 9.96. The molecule has 3 N–H and O–H groups in total. The van der Waals surface area contributed by atoms with Gasteiger partial charge in [0, 0.05) is 17.7 Å². The molecule has 2 unspecified atom stereocenters. The van der Waals surface area contributed by atoms with Crippen LogP contribution in [0.4, 0.5) is 11.4 Å². The molecule has 0 spiro atoms. The Kier molecular flexibility index (Phi) is 4.77. The van der Waals surface area contributed by atoms with Crippen LogP contribution in [0.2, 0.25) is 0 Å². The summed E-state index contributed by atoms with van der Waals surface area (Å²) in [5.41, 5.74) is 5.84. The number of amides is 1. The Morgan fingerprint density at radius 3 is 2.71 bits per heavy atom. The number of nitrogens with two attached hydrogens (primary N) is 1. The molecular weight excluding hydrogens is 270 g/mol. The van der Waals surface area contributed by atoms with Gasteiger partial charge in [0.15, 0.2) is 0 Å². The molecule has 0 heterocycles. The van der Waals surface area contributed by atoms with Crippen LogP contribution in [0.25, 0.3) is 0 Å². The van der Waals surface area contributed by atoms with Crippen LogP contribution >= 0.6 is 0 Å². The molecule has 2 atom stereocenters. The Hall–Kier alpha value is -2.11. The van der Waals surface area contributed by atoms with E-state index in [1.54, 1.807) is 0 Å². The monoisotopic (exact) mass is 291 g/mol. The molecule has 1 aromatic rings. The number of nitrogens with zero attached hydrogens (tertiary/aromatic N) is 1. The minimum atomic E-state index is -0.551. The highest BCUT2D eigenvalue weighted by Crippen LogP contribution is 2.25. The van der Waals surface area contributed by atoms with E-state index in [-0.39, 0.29) is 23.3 Å². The third-order valence-electron chi connectivity index (χ3n) is 4.16. The maximum Gasteiger partial charge on any atom is 0.292 e. The van der Waals surface area contributed by atoms with E-state index in [0.717, 1.165) is 19.3 Å². The maximum atomic E-state index is 12.3. The zero-order valence-electron chi connectivity index (χ0n) is 12.2. The van der Waals surface area contributed by atoms with Crippen LogP contribution in [-0.4, -0.2) is 16.9 Å². The molecule has 21 heavy (non-hydrogen) atoms. The van der Waals surface area contributed by atoms with E-state index >= 15 is 0 Å². The standard InChI is InChI=1S/C15H21N3O3/c1-10-5-3-2-4-6-13(10)17-15(19)11-7-8-14(18(20)21)12(16)9-11/h7-10,13H,2-6,16H2,1H3,(H,17,19). The molecule has 0 saturated heterocycles. The van der Waals surface area contributed by atoms with Crippen LogP contribution in [0.3, 0.4) is 0 Å². The quantitative estimate of drug-likeness (QED) is 0.387. The predicted molar refractivity (Wildman–Crippen MR) is 81.0 cm³/mol. The molecule has 6 nitrogen and oxygen atoms in total. The van der Waals surface area contributed by atoms with E-state index in [1.165, 1.54) is 31.0 Å². The van der Waals surface area contributed by atoms with E-state index in [4.69, 9.17) is 5.73 Å². The molecule has 0 aliphatic heterocycles. The van der Waals surface area contributed by atoms with Crippen molar-refractivity contribution in [2.75, 3.05) is 5.73 Å². The summed E-state index contributed by atoms with van der Waals surface area (Å²) < 4.78 is 0. The van der Waals surface area contributed by atoms with Gasteiger partial charge in [-0.15, -0.1) is 0 Å². The third kappa shape index (κ3) is 3.71. The summed E-state index contributed by atoms with van der Waals surface area (Å²) in [5.74, 6) is 0.238. The van der Waals surface area contributed by atoms with E-state index in [9.17, 15) is 14.9 Å². The van der Waals surface area contributed by atoms with Crippen molar-refractivity contribution >= 4 is 17.3 Å². The van der Waals surface area contributed by atoms with Crippen molar-refractivity contribution < 1.29 is 9.72 Å². The smallest absolute Gasteiger partial charge is 0.292 e. The van der Waals surface area contributed by atoms with Crippen molar-refractivity contribution in [1.29, 1.82) is 0 Å². The molecule has 1 aliphatic rings. The highest BCUT2D eigenvalue weighted by atomic mass is 16.6. The Morgan fingerprint density at radius 1 is 1.33 bits per heavy atom. The number of benzene rings is 1. The number of carbonyl (C=O) groups excluding carboxylic acids is 1. The number of carbonyl (C=O) groups is 1. The van der Waals surface area contributed by atoms with E-state index in [0.29, 0.717) is 11.5 Å². The predicted octanol–water partition coefficient (Wildman–Crippen LogP) is 2.88. The number of hydrogen-bond acceptors (Lipinski definition) is 4. The molecule has 1 aromatic carbocycles. The summed E-state index contributed by atoms with van der Waals surface area (Å²) >= 11 is 0. The first-order chi connectivity index (χ1) is 9.99. The first kappa shape index (κ1) is 15.3. The zero-order chi connectivity index (χ0) is 15.4. The SMILES string of the molecule is CC1CCCCCC1NC(=O)c1ccc([N+](=O)[O-])c(N)c1. The molecular formula is C15H21N3O3. The van der Waals surface area contributed by atoms with Crippen molar-refractivity contribution in [2.45, 2.75) is 45.1 Å². The summed E-state index contributed by atoms with van der Waals surface area (Å²) in [6.07, 6.45) is 5.64. The van der Waals surface area contributed by atoms with Gasteiger partial charge in [-0.05, 0) is 30.9 Å². The highest BCUT2D eigenvalue weighted by molar-refractivity contribution is 5.95. The molecule has 114 valence electrons. The van der Waals surface area contributed by atoms with Crippen LogP contribution < -0.4 is 11.1 Å². The summed E-state index contributed by atoms with van der Waals surface area (Å²) in [6.45, 7) is 2.15. The number of nitro benzene ring substituents is 1. The molecule has 1 fully saturated rings. The van der Waals surface area contributed by atoms with Crippen LogP contribution in [-0.2, 0) is 0 Å². The lowest BCUT2D eigenvalue weighted by Gasteiger charge is -2.22. The van der Waals surface area contributed by atoms with Crippen LogP contribution in [0.15, 0.2) is 18.2 Å². The summed E-state index contributed by atoms with van der Waals surface area (Å²) in [5, 5.41) is 13.8. The topological polar surface area (TPSA) is 98.3 Å². The lowest BCUT2D eigenvalue weighted by Crippen LogP contribution is -2.38. The van der Waals surface area contributed by atoms with Gasteiger partial charge in [0.05, 0.1) is 4.92 Å². The van der Waals surface area contributed by atoms with Crippen LogP contribution in [0.5, 0.6) is 0 Å². The van der Waals surface area contributed by atoms with Gasteiger partial charge in [-0.2, -0.15) is 0 Å². The molecule has 1 aliphatic carbocycles. The summed E-state index contributed by atoms with van der Waals surface area (Å²) in [7, 11) is 0. The first-order valence-corrected chi connectivity index (χ1v) is 7.34. The van der Waals surface area contributed by atoms with E-state index < -0.39 is 4.92 Å². The largest absolute Gasteiger partial charge is 0.393 e. The minimum absolute atomic E-state index is 0.0153. The fourth-order valence-corrected chi connectivity index (χ4v) is 2.82. The van der Waals surface area contributed by atoms with Gasteiger partial charge >= 0.3 is 0 Å². The number of rotatable bonds is 3. The van der Waals surface area contributed by atoms with Gasteiger partial charge in [0.1, 0.15) is 5.69 Å². The molecule has 0 aromatic heterocycles. The Labute approximate surface area is 123 Å². The molecule has 6 heteroatoms. The number of nitrogens with one attached hydrogen (secondary N) is 1.